The highest BCUT2D eigenvalue weighted by atomic mass is 14.9. The van der Waals surface area contributed by atoms with E-state index in [0.717, 1.165) is 18.6 Å². The molecule has 0 aliphatic carbocycles. The zero-order valence-electron chi connectivity index (χ0n) is 8.64. The molecule has 13 heavy (non-hydrogen) atoms. The lowest BCUT2D eigenvalue weighted by Crippen LogP contribution is -2.09. The first kappa shape index (κ1) is 11.8. The lowest BCUT2D eigenvalue weighted by molar-refractivity contribution is 0.879. The number of likely N-dealkylation sites (N-methyl/N-ethyl adjacent to an activating group) is 1. The Morgan fingerprint density at radius 1 is 1.31 bits per heavy atom. The zero-order chi connectivity index (χ0) is 10.1. The van der Waals surface area contributed by atoms with Gasteiger partial charge in [0.1, 0.15) is 7.85 Å². The summed E-state index contributed by atoms with van der Waals surface area (Å²) < 4.78 is 0. The van der Waals surface area contributed by atoms with Crippen LogP contribution in [0, 0.1) is 0 Å². The molecule has 0 saturated heterocycles. The minimum Gasteiger partial charge on any atom is -0.385 e. The van der Waals surface area contributed by atoms with Gasteiger partial charge in [0.2, 0.25) is 0 Å². The maximum absolute atomic E-state index is 3.74. The molecule has 0 fully saturated rings. The van der Waals surface area contributed by atoms with E-state index in [4.69, 9.17) is 0 Å². The normalized spacial score (nSPS) is 12.4. The summed E-state index contributed by atoms with van der Waals surface area (Å²) in [5.41, 5.74) is 2.28. The van der Waals surface area contributed by atoms with Gasteiger partial charge in [0.05, 0.1) is 0 Å². The molecular formula is C11H18BN. The summed E-state index contributed by atoms with van der Waals surface area (Å²) >= 11 is 0. The van der Waals surface area contributed by atoms with E-state index in [9.17, 15) is 0 Å². The molecule has 0 spiro atoms. The van der Waals surface area contributed by atoms with Gasteiger partial charge in [-0.2, -0.15) is 0 Å². The molecule has 2 heteroatoms. The highest BCUT2D eigenvalue weighted by molar-refractivity contribution is 6.10. The molecule has 1 nitrogen and oxygen atoms in total. The van der Waals surface area contributed by atoms with Crippen molar-refractivity contribution in [2.45, 2.75) is 13.2 Å². The Morgan fingerprint density at radius 2 is 2.00 bits per heavy atom. The largest absolute Gasteiger partial charge is 0.385 e. The summed E-state index contributed by atoms with van der Waals surface area (Å²) in [6.07, 6.45) is 8.79. The molecule has 0 aliphatic heterocycles. The van der Waals surface area contributed by atoms with Gasteiger partial charge < -0.3 is 5.32 Å². The van der Waals surface area contributed by atoms with Crippen LogP contribution in [0.2, 0.25) is 6.32 Å². The van der Waals surface area contributed by atoms with E-state index in [1.54, 1.807) is 0 Å². The van der Waals surface area contributed by atoms with Crippen molar-refractivity contribution in [3.8, 4) is 0 Å². The number of hydrogen-bond acceptors (Lipinski definition) is 1. The van der Waals surface area contributed by atoms with Gasteiger partial charge in [-0.05, 0) is 19.1 Å². The molecule has 0 bridgehead atoms. The fourth-order valence-electron chi connectivity index (χ4n) is 0.930. The molecule has 0 aliphatic rings. The molecule has 70 valence electrons. The summed E-state index contributed by atoms with van der Waals surface area (Å²) in [6, 6.07) is 0. The van der Waals surface area contributed by atoms with Crippen molar-refractivity contribution in [3.05, 3.63) is 48.7 Å². The Balaban J connectivity index is 4.40. The average molecular weight is 175 g/mol. The van der Waals surface area contributed by atoms with Crippen LogP contribution < -0.4 is 5.32 Å². The van der Waals surface area contributed by atoms with Crippen LogP contribution in [0.4, 0.5) is 0 Å². The topological polar surface area (TPSA) is 12.0 Å². The van der Waals surface area contributed by atoms with Crippen LogP contribution in [-0.4, -0.2) is 14.4 Å². The lowest BCUT2D eigenvalue weighted by atomic mass is 9.96. The zero-order valence-corrected chi connectivity index (χ0v) is 8.64. The molecule has 1 N–H and O–H groups in total. The molecule has 0 radical (unpaired) electrons. The van der Waals surface area contributed by atoms with Crippen molar-refractivity contribution < 1.29 is 0 Å². The molecule has 0 saturated carbocycles. The minimum absolute atomic E-state index is 0.918. The standard InChI is InChI=1S/C11H18BN/c1-4-10(9-12)7-8-11(5-2)13-6-3/h4-5,7-8,13H,1-2,6,9,12H2,3H3/b10-7+,11-8+. The molecule has 0 rings (SSSR count). The quantitative estimate of drug-likeness (QED) is 0.479. The van der Waals surface area contributed by atoms with Gasteiger partial charge in [-0.15, -0.1) is 0 Å². The molecule has 0 aromatic heterocycles. The van der Waals surface area contributed by atoms with Crippen LogP contribution in [0.1, 0.15) is 6.92 Å². The van der Waals surface area contributed by atoms with Crippen LogP contribution in [0.5, 0.6) is 0 Å². The van der Waals surface area contributed by atoms with Crippen LogP contribution in [0.15, 0.2) is 48.7 Å². The van der Waals surface area contributed by atoms with Gasteiger partial charge in [0, 0.05) is 12.2 Å². The first-order chi connectivity index (χ1) is 6.28. The van der Waals surface area contributed by atoms with E-state index < -0.39 is 0 Å². The van der Waals surface area contributed by atoms with E-state index in [1.165, 1.54) is 5.57 Å². The molecule has 0 heterocycles. The summed E-state index contributed by atoms with van der Waals surface area (Å²) in [4.78, 5) is 0. The number of rotatable bonds is 6. The van der Waals surface area contributed by atoms with Gasteiger partial charge in [-0.1, -0.05) is 37.2 Å². The summed E-state index contributed by atoms with van der Waals surface area (Å²) in [6.45, 7) is 10.4. The SMILES string of the molecule is BC/C(C=C)=C/C=C(\C=C)NCC. The van der Waals surface area contributed by atoms with Crippen molar-refractivity contribution >= 4 is 7.85 Å². The fourth-order valence-corrected chi connectivity index (χ4v) is 0.930. The summed E-state index contributed by atoms with van der Waals surface area (Å²) in [7, 11) is 2.11. The van der Waals surface area contributed by atoms with Crippen LogP contribution in [-0.2, 0) is 0 Å². The van der Waals surface area contributed by atoms with E-state index in [2.05, 4.69) is 39.3 Å². The Labute approximate surface area is 82.3 Å². The summed E-state index contributed by atoms with van der Waals surface area (Å²) in [5.74, 6) is 0. The number of hydrogen-bond donors (Lipinski definition) is 1. The van der Waals surface area contributed by atoms with Crippen LogP contribution >= 0.6 is 0 Å². The smallest absolute Gasteiger partial charge is 0.107 e. The predicted molar refractivity (Wildman–Crippen MR) is 63.6 cm³/mol. The number of nitrogens with one attached hydrogen (secondary N) is 1. The monoisotopic (exact) mass is 175 g/mol. The van der Waals surface area contributed by atoms with Crippen LogP contribution in [0.25, 0.3) is 0 Å². The third-order valence-electron chi connectivity index (χ3n) is 1.75. The maximum Gasteiger partial charge on any atom is 0.107 e. The van der Waals surface area contributed by atoms with Gasteiger partial charge in [-0.25, -0.2) is 0 Å². The number of allylic oxidation sites excluding steroid dienone is 5. The minimum atomic E-state index is 0.918. The molecule has 0 amide bonds. The van der Waals surface area contributed by atoms with Gasteiger partial charge in [-0.3, -0.25) is 0 Å². The van der Waals surface area contributed by atoms with Gasteiger partial charge in [0.15, 0.2) is 0 Å². The van der Waals surface area contributed by atoms with E-state index in [-0.39, 0.29) is 0 Å². The highest BCUT2D eigenvalue weighted by Crippen LogP contribution is 2.01. The fraction of sp³-hybridized carbons (Fsp3) is 0.273. The van der Waals surface area contributed by atoms with Crippen molar-refractivity contribution in [2.24, 2.45) is 0 Å². The van der Waals surface area contributed by atoms with Crippen molar-refractivity contribution in [1.82, 2.24) is 5.32 Å². The van der Waals surface area contributed by atoms with E-state index >= 15 is 0 Å². The van der Waals surface area contributed by atoms with Gasteiger partial charge in [0.25, 0.3) is 0 Å². The Kier molecular flexibility index (Phi) is 6.80. The van der Waals surface area contributed by atoms with E-state index in [1.807, 2.05) is 18.2 Å². The molecule has 0 aromatic rings. The first-order valence-corrected chi connectivity index (χ1v) is 4.68. The molecule has 0 aromatic carbocycles. The second-order valence-corrected chi connectivity index (χ2v) is 2.66. The second-order valence-electron chi connectivity index (χ2n) is 2.66. The van der Waals surface area contributed by atoms with Crippen LogP contribution in [0.3, 0.4) is 0 Å². The predicted octanol–water partition coefficient (Wildman–Crippen LogP) is 1.83. The lowest BCUT2D eigenvalue weighted by Gasteiger charge is -2.01. The van der Waals surface area contributed by atoms with Crippen molar-refractivity contribution in [3.63, 3.8) is 0 Å². The summed E-state index contributed by atoms with van der Waals surface area (Å²) in [5, 5.41) is 3.20. The molecule has 0 unspecified atom stereocenters. The van der Waals surface area contributed by atoms with Crippen molar-refractivity contribution in [2.75, 3.05) is 6.54 Å². The third kappa shape index (κ3) is 5.13. The van der Waals surface area contributed by atoms with Crippen molar-refractivity contribution in [1.29, 1.82) is 0 Å². The molecular weight excluding hydrogens is 157 g/mol. The highest BCUT2D eigenvalue weighted by Gasteiger charge is 1.86. The molecule has 0 atom stereocenters. The second kappa shape index (κ2) is 7.47. The Bertz CT molecular complexity index is 226. The van der Waals surface area contributed by atoms with Gasteiger partial charge >= 0.3 is 0 Å². The first-order valence-electron chi connectivity index (χ1n) is 4.68. The Hall–Kier alpha value is -1.18. The Morgan fingerprint density at radius 3 is 2.38 bits per heavy atom. The maximum atomic E-state index is 3.74. The third-order valence-corrected chi connectivity index (χ3v) is 1.75. The average Bonchev–Trinajstić information content (AvgIpc) is 2.17. The van der Waals surface area contributed by atoms with E-state index in [0.29, 0.717) is 0 Å².